The minimum atomic E-state index is 0.467. The van der Waals surface area contributed by atoms with Gasteiger partial charge >= 0.3 is 0 Å². The number of rotatable bonds is 5. The zero-order chi connectivity index (χ0) is 10.6. The van der Waals surface area contributed by atoms with Gasteiger partial charge in [-0.1, -0.05) is 25.7 Å². The molecule has 0 aromatic heterocycles. The molecule has 0 saturated heterocycles. The van der Waals surface area contributed by atoms with E-state index in [0.29, 0.717) is 5.54 Å². The van der Waals surface area contributed by atoms with Crippen LogP contribution in [-0.4, -0.2) is 25.2 Å². The van der Waals surface area contributed by atoms with E-state index in [1.807, 2.05) is 0 Å². The molecule has 0 unspecified atom stereocenters. The minimum Gasteiger partial charge on any atom is -0.314 e. The van der Waals surface area contributed by atoms with Crippen LogP contribution in [0.1, 0.15) is 57.8 Å². The molecule has 2 rings (SSSR count). The van der Waals surface area contributed by atoms with Crippen molar-refractivity contribution >= 4 is 0 Å². The Morgan fingerprint density at radius 3 is 2.33 bits per heavy atom. The van der Waals surface area contributed by atoms with Crippen molar-refractivity contribution in [1.29, 1.82) is 0 Å². The standard InChI is InChI=1S/C13H26N2/c1-14-13(8-3-2-4-9-13)10-11-15-12-6-5-7-12/h12,14-15H,2-11H2,1H3. The van der Waals surface area contributed by atoms with Crippen LogP contribution in [0.15, 0.2) is 0 Å². The Labute approximate surface area is 94.2 Å². The van der Waals surface area contributed by atoms with Gasteiger partial charge in [-0.15, -0.1) is 0 Å². The van der Waals surface area contributed by atoms with Crippen molar-refractivity contribution in [3.05, 3.63) is 0 Å². The Balaban J connectivity index is 1.69. The Bertz CT molecular complexity index is 181. The van der Waals surface area contributed by atoms with Gasteiger partial charge in [0.25, 0.3) is 0 Å². The maximum atomic E-state index is 3.69. The Kier molecular flexibility index (Phi) is 4.04. The number of nitrogens with one attached hydrogen (secondary N) is 2. The summed E-state index contributed by atoms with van der Waals surface area (Å²) in [5.74, 6) is 0. The monoisotopic (exact) mass is 210 g/mol. The maximum absolute atomic E-state index is 3.69. The van der Waals surface area contributed by atoms with Crippen LogP contribution in [0.3, 0.4) is 0 Å². The first-order chi connectivity index (χ1) is 7.35. The highest BCUT2D eigenvalue weighted by molar-refractivity contribution is 4.90. The van der Waals surface area contributed by atoms with E-state index in [2.05, 4.69) is 17.7 Å². The van der Waals surface area contributed by atoms with Crippen molar-refractivity contribution in [1.82, 2.24) is 10.6 Å². The van der Waals surface area contributed by atoms with E-state index in [4.69, 9.17) is 0 Å². The second-order valence-electron chi connectivity index (χ2n) is 5.42. The van der Waals surface area contributed by atoms with Crippen LogP contribution in [0.25, 0.3) is 0 Å². The van der Waals surface area contributed by atoms with Crippen LogP contribution in [0.4, 0.5) is 0 Å². The van der Waals surface area contributed by atoms with Crippen LogP contribution in [-0.2, 0) is 0 Å². The fourth-order valence-electron chi connectivity index (χ4n) is 2.98. The molecule has 2 aliphatic carbocycles. The van der Waals surface area contributed by atoms with Gasteiger partial charge in [-0.25, -0.2) is 0 Å². The van der Waals surface area contributed by atoms with Gasteiger partial charge in [0.2, 0.25) is 0 Å². The van der Waals surface area contributed by atoms with Crippen molar-refractivity contribution in [2.24, 2.45) is 0 Å². The molecule has 88 valence electrons. The molecule has 0 heterocycles. The molecular weight excluding hydrogens is 184 g/mol. The summed E-state index contributed by atoms with van der Waals surface area (Å²) in [6.07, 6.45) is 12.6. The van der Waals surface area contributed by atoms with Gasteiger partial charge in [-0.3, -0.25) is 0 Å². The third kappa shape index (κ3) is 2.94. The van der Waals surface area contributed by atoms with E-state index in [9.17, 15) is 0 Å². The van der Waals surface area contributed by atoms with Crippen LogP contribution in [0.5, 0.6) is 0 Å². The highest BCUT2D eigenvalue weighted by atomic mass is 15.0. The SMILES string of the molecule is CNC1(CCNC2CCC2)CCCCC1. The predicted octanol–water partition coefficient (Wildman–Crippen LogP) is 2.44. The summed E-state index contributed by atoms with van der Waals surface area (Å²) in [5, 5.41) is 7.27. The average molecular weight is 210 g/mol. The Hall–Kier alpha value is -0.0800. The second-order valence-corrected chi connectivity index (χ2v) is 5.42. The van der Waals surface area contributed by atoms with E-state index < -0.39 is 0 Å². The van der Waals surface area contributed by atoms with Gasteiger partial charge in [-0.2, -0.15) is 0 Å². The summed E-state index contributed by atoms with van der Waals surface area (Å²) in [6, 6.07) is 0.850. The molecule has 0 aromatic rings. The van der Waals surface area contributed by atoms with Crippen LogP contribution >= 0.6 is 0 Å². The third-order valence-corrected chi connectivity index (χ3v) is 4.48. The van der Waals surface area contributed by atoms with E-state index >= 15 is 0 Å². The molecule has 0 atom stereocenters. The molecule has 2 saturated carbocycles. The highest BCUT2D eigenvalue weighted by Crippen LogP contribution is 2.30. The number of hydrogen-bond donors (Lipinski definition) is 2. The van der Waals surface area contributed by atoms with Crippen LogP contribution < -0.4 is 10.6 Å². The van der Waals surface area contributed by atoms with E-state index in [1.165, 1.54) is 64.3 Å². The molecule has 0 radical (unpaired) electrons. The third-order valence-electron chi connectivity index (χ3n) is 4.48. The molecule has 0 aromatic carbocycles. The van der Waals surface area contributed by atoms with Gasteiger partial charge in [0.1, 0.15) is 0 Å². The first-order valence-electron chi connectivity index (χ1n) is 6.77. The molecule has 0 amide bonds. The highest BCUT2D eigenvalue weighted by Gasteiger charge is 2.29. The molecule has 15 heavy (non-hydrogen) atoms. The van der Waals surface area contributed by atoms with Crippen molar-refractivity contribution < 1.29 is 0 Å². The molecular formula is C13H26N2. The Morgan fingerprint density at radius 2 is 1.80 bits per heavy atom. The lowest BCUT2D eigenvalue weighted by Gasteiger charge is -2.38. The van der Waals surface area contributed by atoms with E-state index in [1.54, 1.807) is 0 Å². The molecule has 2 nitrogen and oxygen atoms in total. The van der Waals surface area contributed by atoms with Crippen LogP contribution in [0.2, 0.25) is 0 Å². The lowest BCUT2D eigenvalue weighted by molar-refractivity contribution is 0.219. The van der Waals surface area contributed by atoms with Crippen molar-refractivity contribution in [3.63, 3.8) is 0 Å². The molecule has 0 bridgehead atoms. The molecule has 2 aliphatic rings. The largest absolute Gasteiger partial charge is 0.314 e. The van der Waals surface area contributed by atoms with Gasteiger partial charge in [-0.05, 0) is 45.7 Å². The lowest BCUT2D eigenvalue weighted by Crippen LogP contribution is -2.48. The summed E-state index contributed by atoms with van der Waals surface area (Å²) in [6.45, 7) is 1.21. The van der Waals surface area contributed by atoms with Crippen LogP contribution in [0, 0.1) is 0 Å². The topological polar surface area (TPSA) is 24.1 Å². The van der Waals surface area contributed by atoms with Gasteiger partial charge in [0, 0.05) is 11.6 Å². The van der Waals surface area contributed by atoms with Gasteiger partial charge in [0.05, 0.1) is 0 Å². The summed E-state index contributed by atoms with van der Waals surface area (Å²) >= 11 is 0. The molecule has 0 aliphatic heterocycles. The first kappa shape index (κ1) is 11.4. The smallest absolute Gasteiger partial charge is 0.0190 e. The summed E-state index contributed by atoms with van der Waals surface area (Å²) in [4.78, 5) is 0. The second kappa shape index (κ2) is 5.31. The van der Waals surface area contributed by atoms with Gasteiger partial charge < -0.3 is 10.6 Å². The summed E-state index contributed by atoms with van der Waals surface area (Å²) in [7, 11) is 2.15. The van der Waals surface area contributed by atoms with Crippen molar-refractivity contribution in [2.45, 2.75) is 69.4 Å². The zero-order valence-electron chi connectivity index (χ0n) is 10.1. The fraction of sp³-hybridized carbons (Fsp3) is 1.00. The molecule has 0 spiro atoms. The zero-order valence-corrected chi connectivity index (χ0v) is 10.1. The van der Waals surface area contributed by atoms with Crippen molar-refractivity contribution in [3.8, 4) is 0 Å². The van der Waals surface area contributed by atoms with E-state index in [-0.39, 0.29) is 0 Å². The summed E-state index contributed by atoms with van der Waals surface area (Å²) < 4.78 is 0. The lowest BCUT2D eigenvalue weighted by atomic mass is 9.79. The molecule has 2 fully saturated rings. The maximum Gasteiger partial charge on any atom is 0.0190 e. The predicted molar refractivity (Wildman–Crippen MR) is 65.1 cm³/mol. The molecule has 2 N–H and O–H groups in total. The number of hydrogen-bond acceptors (Lipinski definition) is 2. The normalized spacial score (nSPS) is 26.2. The quantitative estimate of drug-likeness (QED) is 0.728. The van der Waals surface area contributed by atoms with E-state index in [0.717, 1.165) is 6.04 Å². The van der Waals surface area contributed by atoms with Gasteiger partial charge in [0.15, 0.2) is 0 Å². The fourth-order valence-corrected chi connectivity index (χ4v) is 2.98. The minimum absolute atomic E-state index is 0.467. The Morgan fingerprint density at radius 1 is 1.07 bits per heavy atom. The first-order valence-corrected chi connectivity index (χ1v) is 6.77. The summed E-state index contributed by atoms with van der Waals surface area (Å²) in [5.41, 5.74) is 0.467. The average Bonchev–Trinajstić information content (AvgIpc) is 2.23. The molecule has 2 heteroatoms. The van der Waals surface area contributed by atoms with Crippen molar-refractivity contribution in [2.75, 3.05) is 13.6 Å².